The number of fused-ring (bicyclic) bond motifs is 7. The van der Waals surface area contributed by atoms with Crippen LogP contribution in [0.1, 0.15) is 91.9 Å². The molecule has 0 heterocycles. The van der Waals surface area contributed by atoms with E-state index in [-0.39, 0.29) is 16.9 Å². The molecule has 0 aromatic heterocycles. The van der Waals surface area contributed by atoms with Gasteiger partial charge in [0.2, 0.25) is 0 Å². The Labute approximate surface area is 177 Å². The van der Waals surface area contributed by atoms with E-state index in [1.54, 1.807) is 11.1 Å². The molecule has 0 saturated heterocycles. The van der Waals surface area contributed by atoms with Crippen LogP contribution >= 0.6 is 0 Å². The fourth-order valence-corrected chi connectivity index (χ4v) is 8.59. The molecule has 2 heteroatoms. The van der Waals surface area contributed by atoms with Crippen LogP contribution in [0.4, 0.5) is 0 Å². The van der Waals surface area contributed by atoms with Gasteiger partial charge >= 0.3 is 0 Å². The van der Waals surface area contributed by atoms with E-state index < -0.39 is 0 Å². The van der Waals surface area contributed by atoms with Crippen LogP contribution in [0.15, 0.2) is 23.3 Å². The van der Waals surface area contributed by atoms with Gasteiger partial charge < -0.3 is 10.2 Å². The van der Waals surface area contributed by atoms with Gasteiger partial charge in [0.25, 0.3) is 0 Å². The molecule has 0 aliphatic heterocycles. The second kappa shape index (κ2) is 6.45. The molecule has 0 radical (unpaired) electrons. The molecule has 2 N–H and O–H groups in total. The van der Waals surface area contributed by atoms with Crippen molar-refractivity contribution in [1.29, 1.82) is 0 Å². The smallest absolute Gasteiger partial charge is 0.0543 e. The third-order valence-corrected chi connectivity index (χ3v) is 10.8. The van der Waals surface area contributed by atoms with Gasteiger partial charge in [-0.05, 0) is 92.8 Å². The van der Waals surface area contributed by atoms with E-state index >= 15 is 0 Å². The predicted octanol–water partition coefficient (Wildman–Crippen LogP) is 6.04. The summed E-state index contributed by atoms with van der Waals surface area (Å²) < 4.78 is 0. The van der Waals surface area contributed by atoms with Crippen molar-refractivity contribution >= 4 is 0 Å². The number of rotatable bonds is 1. The molecule has 0 bridgehead atoms. The lowest BCUT2D eigenvalue weighted by Crippen LogP contribution is -2.54. The lowest BCUT2D eigenvalue weighted by Gasteiger charge is -2.62. The summed E-state index contributed by atoms with van der Waals surface area (Å²) in [5, 5.41) is 20.8. The topological polar surface area (TPSA) is 40.5 Å². The predicted molar refractivity (Wildman–Crippen MR) is 118 cm³/mol. The lowest BCUT2D eigenvalue weighted by atomic mass is 9.42. The summed E-state index contributed by atoms with van der Waals surface area (Å²) in [7, 11) is 0. The van der Waals surface area contributed by atoms with Gasteiger partial charge in [-0.3, -0.25) is 0 Å². The number of hydrogen-bond donors (Lipinski definition) is 2. The molecule has 2 nitrogen and oxygen atoms in total. The highest BCUT2D eigenvalue weighted by molar-refractivity contribution is 5.42. The van der Waals surface area contributed by atoms with Crippen LogP contribution in [0, 0.1) is 39.4 Å². The zero-order valence-electron chi connectivity index (χ0n) is 19.1. The molecule has 162 valence electrons. The van der Waals surface area contributed by atoms with Crippen molar-refractivity contribution in [2.24, 2.45) is 39.4 Å². The van der Waals surface area contributed by atoms with Crippen LogP contribution in [0.5, 0.6) is 0 Å². The van der Waals surface area contributed by atoms with E-state index in [2.05, 4.69) is 39.8 Å². The van der Waals surface area contributed by atoms with Crippen molar-refractivity contribution in [3.05, 3.63) is 23.3 Å². The fourth-order valence-electron chi connectivity index (χ4n) is 8.59. The maximum Gasteiger partial charge on any atom is 0.0543 e. The third kappa shape index (κ3) is 2.80. The number of aliphatic hydroxyl groups excluding tert-OH is 2. The minimum atomic E-state index is -0.0855. The van der Waals surface area contributed by atoms with Crippen molar-refractivity contribution < 1.29 is 10.2 Å². The van der Waals surface area contributed by atoms with E-state index in [9.17, 15) is 10.2 Å². The first-order valence-electron chi connectivity index (χ1n) is 12.3. The Hall–Kier alpha value is -0.600. The first-order chi connectivity index (χ1) is 13.6. The molecule has 5 aliphatic rings. The maximum atomic E-state index is 10.5. The summed E-state index contributed by atoms with van der Waals surface area (Å²) in [5.41, 5.74) is 4.49. The standard InChI is InChI=1S/C27H42O2/c1-24(2)11-13-27(17-28)14-12-26(4)21-6-5-18-15-19(29)9-10-25(18,3)20(21)7-8-22(26)23(27)16-24/h6,8,18-20,23,28-29H,5,7,9-17H2,1-4H3/t18-,19-,20-,23-,25-,26-,27+/m0/s1. The van der Waals surface area contributed by atoms with Gasteiger partial charge in [0.1, 0.15) is 0 Å². The Bertz CT molecular complexity index is 748. The zero-order valence-corrected chi connectivity index (χ0v) is 19.1. The fraction of sp³-hybridized carbons (Fsp3) is 0.852. The van der Waals surface area contributed by atoms with Gasteiger partial charge in [-0.2, -0.15) is 0 Å². The summed E-state index contributed by atoms with van der Waals surface area (Å²) in [6, 6.07) is 0. The van der Waals surface area contributed by atoms with E-state index in [1.807, 2.05) is 0 Å². The van der Waals surface area contributed by atoms with Crippen LogP contribution in [0.2, 0.25) is 0 Å². The van der Waals surface area contributed by atoms with Gasteiger partial charge in [0.15, 0.2) is 0 Å². The normalized spacial score (nSPS) is 51.0. The van der Waals surface area contributed by atoms with Crippen molar-refractivity contribution in [1.82, 2.24) is 0 Å². The Balaban J connectivity index is 1.54. The van der Waals surface area contributed by atoms with Gasteiger partial charge in [-0.1, -0.05) is 51.0 Å². The van der Waals surface area contributed by atoms with Crippen LogP contribution < -0.4 is 0 Å². The third-order valence-electron chi connectivity index (χ3n) is 10.8. The summed E-state index contributed by atoms with van der Waals surface area (Å²) in [6.07, 6.45) is 16.7. The molecule has 5 aliphatic carbocycles. The van der Waals surface area contributed by atoms with Gasteiger partial charge in [-0.15, -0.1) is 0 Å². The summed E-state index contributed by atoms with van der Waals surface area (Å²) in [6.45, 7) is 10.3. The van der Waals surface area contributed by atoms with Crippen molar-refractivity contribution in [3.8, 4) is 0 Å². The van der Waals surface area contributed by atoms with Crippen molar-refractivity contribution in [2.75, 3.05) is 6.61 Å². The quantitative estimate of drug-likeness (QED) is 0.529. The summed E-state index contributed by atoms with van der Waals surface area (Å²) in [4.78, 5) is 0. The molecule has 0 unspecified atom stereocenters. The summed E-state index contributed by atoms with van der Waals surface area (Å²) >= 11 is 0. The second-order valence-corrected chi connectivity index (χ2v) is 12.7. The highest BCUT2D eigenvalue weighted by Gasteiger charge is 2.59. The molecular weight excluding hydrogens is 356 g/mol. The lowest BCUT2D eigenvalue weighted by molar-refractivity contribution is -0.0545. The Kier molecular flexibility index (Phi) is 4.52. The second-order valence-electron chi connectivity index (χ2n) is 12.7. The van der Waals surface area contributed by atoms with Crippen LogP contribution in [-0.2, 0) is 0 Å². The highest BCUT2D eigenvalue weighted by atomic mass is 16.3. The zero-order chi connectivity index (χ0) is 20.7. The van der Waals surface area contributed by atoms with E-state index in [1.165, 1.54) is 44.9 Å². The monoisotopic (exact) mass is 398 g/mol. The number of hydrogen-bond acceptors (Lipinski definition) is 2. The van der Waals surface area contributed by atoms with E-state index in [4.69, 9.17) is 0 Å². The molecule has 3 saturated carbocycles. The Morgan fingerprint density at radius 1 is 0.897 bits per heavy atom. The van der Waals surface area contributed by atoms with E-state index in [0.29, 0.717) is 35.2 Å². The van der Waals surface area contributed by atoms with Gasteiger partial charge in [0.05, 0.1) is 6.10 Å². The average Bonchev–Trinajstić information content (AvgIpc) is 2.68. The van der Waals surface area contributed by atoms with Gasteiger partial charge in [0, 0.05) is 17.4 Å². The molecular formula is C27H42O2. The Morgan fingerprint density at radius 3 is 2.34 bits per heavy atom. The molecule has 0 aromatic carbocycles. The largest absolute Gasteiger partial charge is 0.396 e. The molecule has 29 heavy (non-hydrogen) atoms. The summed E-state index contributed by atoms with van der Waals surface area (Å²) in [5.74, 6) is 1.85. The minimum absolute atomic E-state index is 0.0855. The SMILES string of the molecule is CC1(C)CC[C@]2(CO)CC[C@]3(C)C(=CC[C@H]4C3=CC[C@H]3C[C@@H](O)CC[C@@]34C)[C@@H]2C1. The average molecular weight is 399 g/mol. The van der Waals surface area contributed by atoms with Crippen LogP contribution in [0.25, 0.3) is 0 Å². The van der Waals surface area contributed by atoms with Crippen molar-refractivity contribution in [2.45, 2.75) is 98.0 Å². The van der Waals surface area contributed by atoms with E-state index in [0.717, 1.165) is 19.3 Å². The molecule has 0 aromatic rings. The first kappa shape index (κ1) is 20.3. The molecule has 0 amide bonds. The maximum absolute atomic E-state index is 10.5. The Morgan fingerprint density at radius 2 is 1.59 bits per heavy atom. The highest BCUT2D eigenvalue weighted by Crippen LogP contribution is 2.68. The molecule has 7 atom stereocenters. The van der Waals surface area contributed by atoms with Crippen molar-refractivity contribution in [3.63, 3.8) is 0 Å². The molecule has 0 spiro atoms. The number of allylic oxidation sites excluding steroid dienone is 4. The van der Waals surface area contributed by atoms with Gasteiger partial charge in [-0.25, -0.2) is 0 Å². The molecule has 3 fully saturated rings. The first-order valence-corrected chi connectivity index (χ1v) is 12.3. The van der Waals surface area contributed by atoms with Crippen LogP contribution in [-0.4, -0.2) is 22.9 Å². The van der Waals surface area contributed by atoms with Crippen LogP contribution in [0.3, 0.4) is 0 Å². The number of aliphatic hydroxyl groups is 2. The minimum Gasteiger partial charge on any atom is -0.396 e. The molecule has 5 rings (SSSR count).